The third kappa shape index (κ3) is 3.45. The van der Waals surface area contributed by atoms with Crippen molar-refractivity contribution in [2.45, 2.75) is 39.2 Å². The Hall–Kier alpha value is -0.640. The van der Waals surface area contributed by atoms with Crippen LogP contribution < -0.4 is 11.3 Å². The van der Waals surface area contributed by atoms with Gasteiger partial charge in [-0.25, -0.2) is 0 Å². The van der Waals surface area contributed by atoms with Crippen LogP contribution in [0.1, 0.15) is 42.5 Å². The molecule has 2 nitrogen and oxygen atoms in total. The van der Waals surface area contributed by atoms with Crippen LogP contribution in [0.2, 0.25) is 0 Å². The molecule has 0 radical (unpaired) electrons. The Labute approximate surface area is 96.2 Å². The van der Waals surface area contributed by atoms with Crippen molar-refractivity contribution in [3.63, 3.8) is 0 Å². The topological polar surface area (TPSA) is 38.0 Å². The number of thiophene rings is 1. The quantitative estimate of drug-likeness (QED) is 0.442. The molecular formula is C12H20N2S. The van der Waals surface area contributed by atoms with Crippen molar-refractivity contribution >= 4 is 11.3 Å². The first-order chi connectivity index (χ1) is 7.21. The molecule has 0 aromatic carbocycles. The Morgan fingerprint density at radius 1 is 1.53 bits per heavy atom. The Kier molecular flexibility index (Phi) is 5.02. The highest BCUT2D eigenvalue weighted by atomic mass is 32.1. The zero-order valence-corrected chi connectivity index (χ0v) is 10.4. The van der Waals surface area contributed by atoms with Gasteiger partial charge in [0.2, 0.25) is 0 Å². The van der Waals surface area contributed by atoms with Crippen molar-refractivity contribution in [1.82, 2.24) is 5.43 Å². The van der Waals surface area contributed by atoms with Gasteiger partial charge >= 0.3 is 0 Å². The number of hydrazine groups is 1. The van der Waals surface area contributed by atoms with E-state index in [1.165, 1.54) is 15.3 Å². The molecule has 0 aliphatic rings. The SMILES string of the molecule is C=C(CC)CC(NN)c1ccc(CC)s1. The third-order valence-corrected chi connectivity index (χ3v) is 3.91. The predicted molar refractivity (Wildman–Crippen MR) is 67.8 cm³/mol. The molecule has 3 N–H and O–H groups in total. The lowest BCUT2D eigenvalue weighted by atomic mass is 10.1. The standard InChI is InChI=1S/C12H20N2S/c1-4-9(3)8-11(14-13)12-7-6-10(5-2)15-12/h6-7,11,14H,3-5,8,13H2,1-2H3. The molecule has 0 aliphatic carbocycles. The Bertz CT molecular complexity index is 317. The van der Waals surface area contributed by atoms with Gasteiger partial charge in [0.25, 0.3) is 0 Å². The molecule has 1 heterocycles. The van der Waals surface area contributed by atoms with Crippen molar-refractivity contribution in [2.75, 3.05) is 0 Å². The van der Waals surface area contributed by atoms with E-state index < -0.39 is 0 Å². The molecule has 1 aromatic rings. The molecule has 0 saturated carbocycles. The third-order valence-electron chi connectivity index (χ3n) is 2.57. The highest BCUT2D eigenvalue weighted by Gasteiger charge is 2.12. The summed E-state index contributed by atoms with van der Waals surface area (Å²) >= 11 is 1.83. The lowest BCUT2D eigenvalue weighted by Crippen LogP contribution is -2.27. The van der Waals surface area contributed by atoms with Gasteiger partial charge in [0.15, 0.2) is 0 Å². The molecule has 1 unspecified atom stereocenters. The average molecular weight is 224 g/mol. The summed E-state index contributed by atoms with van der Waals surface area (Å²) < 4.78 is 0. The summed E-state index contributed by atoms with van der Waals surface area (Å²) in [6.07, 6.45) is 3.04. The van der Waals surface area contributed by atoms with Crippen molar-refractivity contribution in [3.05, 3.63) is 34.0 Å². The second-order valence-corrected chi connectivity index (χ2v) is 4.88. The summed E-state index contributed by atoms with van der Waals surface area (Å²) in [7, 11) is 0. The zero-order chi connectivity index (χ0) is 11.3. The molecule has 84 valence electrons. The van der Waals surface area contributed by atoms with Crippen molar-refractivity contribution in [1.29, 1.82) is 0 Å². The molecule has 15 heavy (non-hydrogen) atoms. The number of hydrogen-bond acceptors (Lipinski definition) is 3. The Morgan fingerprint density at radius 2 is 2.27 bits per heavy atom. The highest BCUT2D eigenvalue weighted by molar-refractivity contribution is 7.12. The summed E-state index contributed by atoms with van der Waals surface area (Å²) in [5.74, 6) is 5.57. The Morgan fingerprint density at radius 3 is 2.73 bits per heavy atom. The summed E-state index contributed by atoms with van der Waals surface area (Å²) in [5.41, 5.74) is 4.11. The summed E-state index contributed by atoms with van der Waals surface area (Å²) in [6, 6.07) is 4.57. The highest BCUT2D eigenvalue weighted by Crippen LogP contribution is 2.27. The van der Waals surface area contributed by atoms with E-state index in [0.717, 1.165) is 19.3 Å². The molecule has 0 saturated heterocycles. The lowest BCUT2D eigenvalue weighted by molar-refractivity contribution is 0.553. The van der Waals surface area contributed by atoms with Gasteiger partial charge in [-0.2, -0.15) is 0 Å². The van der Waals surface area contributed by atoms with E-state index >= 15 is 0 Å². The smallest absolute Gasteiger partial charge is 0.0590 e. The maximum absolute atomic E-state index is 5.57. The fourth-order valence-corrected chi connectivity index (χ4v) is 2.46. The van der Waals surface area contributed by atoms with Gasteiger partial charge in [-0.3, -0.25) is 11.3 Å². The number of nitrogens with one attached hydrogen (secondary N) is 1. The second kappa shape index (κ2) is 6.05. The van der Waals surface area contributed by atoms with E-state index in [9.17, 15) is 0 Å². The average Bonchev–Trinajstić information content (AvgIpc) is 2.73. The van der Waals surface area contributed by atoms with E-state index in [1.807, 2.05) is 11.3 Å². The number of nitrogens with two attached hydrogens (primary N) is 1. The van der Waals surface area contributed by atoms with Gasteiger partial charge < -0.3 is 0 Å². The minimum absolute atomic E-state index is 0.225. The minimum Gasteiger partial charge on any atom is -0.271 e. The summed E-state index contributed by atoms with van der Waals surface area (Å²) in [5, 5.41) is 0. The van der Waals surface area contributed by atoms with Crippen LogP contribution >= 0.6 is 11.3 Å². The van der Waals surface area contributed by atoms with E-state index in [0.29, 0.717) is 0 Å². The largest absolute Gasteiger partial charge is 0.271 e. The van der Waals surface area contributed by atoms with Gasteiger partial charge in [-0.05, 0) is 31.4 Å². The van der Waals surface area contributed by atoms with Crippen LogP contribution in [-0.4, -0.2) is 0 Å². The fraction of sp³-hybridized carbons (Fsp3) is 0.500. The zero-order valence-electron chi connectivity index (χ0n) is 9.55. The van der Waals surface area contributed by atoms with Gasteiger partial charge in [-0.1, -0.05) is 26.0 Å². The van der Waals surface area contributed by atoms with Crippen LogP contribution in [0.3, 0.4) is 0 Å². The molecule has 0 fully saturated rings. The molecule has 0 bridgehead atoms. The van der Waals surface area contributed by atoms with E-state index in [-0.39, 0.29) is 6.04 Å². The van der Waals surface area contributed by atoms with Crippen molar-refractivity contribution in [3.8, 4) is 0 Å². The van der Waals surface area contributed by atoms with Crippen LogP contribution in [-0.2, 0) is 6.42 Å². The first kappa shape index (κ1) is 12.4. The van der Waals surface area contributed by atoms with E-state index in [1.54, 1.807) is 0 Å². The summed E-state index contributed by atoms with van der Waals surface area (Å²) in [4.78, 5) is 2.72. The van der Waals surface area contributed by atoms with E-state index in [4.69, 9.17) is 5.84 Å². The maximum atomic E-state index is 5.57. The van der Waals surface area contributed by atoms with Crippen LogP contribution in [0.15, 0.2) is 24.3 Å². The van der Waals surface area contributed by atoms with Crippen LogP contribution in [0.25, 0.3) is 0 Å². The van der Waals surface area contributed by atoms with Crippen LogP contribution in [0.5, 0.6) is 0 Å². The van der Waals surface area contributed by atoms with Crippen molar-refractivity contribution < 1.29 is 0 Å². The monoisotopic (exact) mass is 224 g/mol. The van der Waals surface area contributed by atoms with Gasteiger partial charge in [0, 0.05) is 9.75 Å². The summed E-state index contributed by atoms with van der Waals surface area (Å²) in [6.45, 7) is 8.32. The number of hydrogen-bond donors (Lipinski definition) is 2. The van der Waals surface area contributed by atoms with Crippen LogP contribution in [0.4, 0.5) is 0 Å². The first-order valence-electron chi connectivity index (χ1n) is 5.42. The van der Waals surface area contributed by atoms with Gasteiger partial charge in [0.05, 0.1) is 6.04 Å². The normalized spacial score (nSPS) is 12.7. The maximum Gasteiger partial charge on any atom is 0.0590 e. The van der Waals surface area contributed by atoms with Crippen molar-refractivity contribution in [2.24, 2.45) is 5.84 Å². The van der Waals surface area contributed by atoms with Crippen LogP contribution in [0, 0.1) is 0 Å². The molecule has 1 atom stereocenters. The van der Waals surface area contributed by atoms with Gasteiger partial charge in [0.1, 0.15) is 0 Å². The van der Waals surface area contributed by atoms with E-state index in [2.05, 4.69) is 38.0 Å². The molecule has 0 spiro atoms. The molecule has 1 aromatic heterocycles. The predicted octanol–water partition coefficient (Wildman–Crippen LogP) is 3.17. The molecule has 0 amide bonds. The molecule has 3 heteroatoms. The molecule has 0 aliphatic heterocycles. The Balaban J connectivity index is 2.69. The number of rotatable bonds is 6. The fourth-order valence-electron chi connectivity index (χ4n) is 1.45. The lowest BCUT2D eigenvalue weighted by Gasteiger charge is -2.14. The number of aryl methyl sites for hydroxylation is 1. The molecule has 1 rings (SSSR count). The van der Waals surface area contributed by atoms with Gasteiger partial charge in [-0.15, -0.1) is 11.3 Å². The minimum atomic E-state index is 0.225. The second-order valence-electron chi connectivity index (χ2n) is 3.68. The first-order valence-corrected chi connectivity index (χ1v) is 6.24. The molecular weight excluding hydrogens is 204 g/mol.